The van der Waals surface area contributed by atoms with Crippen molar-refractivity contribution in [2.45, 2.75) is 19.9 Å². The molecule has 2 N–H and O–H groups in total. The molecule has 0 aliphatic rings. The highest BCUT2D eigenvalue weighted by molar-refractivity contribution is 6.30. The standard InChI is InChI=1S/C16H18ClNO2/c1-10-4-5-12(17)8-15(10)18-11(2)14-9-13(20-3)6-7-16(14)19/h4-9,11,18-19H,1-3H3. The van der Waals surface area contributed by atoms with Gasteiger partial charge in [0.1, 0.15) is 11.5 Å². The Kier molecular flexibility index (Phi) is 4.40. The first-order chi connectivity index (χ1) is 9.51. The summed E-state index contributed by atoms with van der Waals surface area (Å²) in [7, 11) is 1.61. The number of anilines is 1. The van der Waals surface area contributed by atoms with Gasteiger partial charge in [-0.15, -0.1) is 0 Å². The summed E-state index contributed by atoms with van der Waals surface area (Å²) >= 11 is 6.02. The summed E-state index contributed by atoms with van der Waals surface area (Å²) in [4.78, 5) is 0. The van der Waals surface area contributed by atoms with Gasteiger partial charge in [0.15, 0.2) is 0 Å². The lowest BCUT2D eigenvalue weighted by Gasteiger charge is -2.19. The summed E-state index contributed by atoms with van der Waals surface area (Å²) in [5, 5.41) is 14.0. The van der Waals surface area contributed by atoms with E-state index in [2.05, 4.69) is 5.32 Å². The van der Waals surface area contributed by atoms with Crippen molar-refractivity contribution in [2.24, 2.45) is 0 Å². The Labute approximate surface area is 124 Å². The van der Waals surface area contributed by atoms with Crippen molar-refractivity contribution in [1.29, 1.82) is 0 Å². The molecule has 0 bridgehead atoms. The van der Waals surface area contributed by atoms with Crippen molar-refractivity contribution in [1.82, 2.24) is 0 Å². The summed E-state index contributed by atoms with van der Waals surface area (Å²) in [6, 6.07) is 10.8. The summed E-state index contributed by atoms with van der Waals surface area (Å²) in [6.07, 6.45) is 0. The van der Waals surface area contributed by atoms with Crippen LogP contribution in [0.25, 0.3) is 0 Å². The fourth-order valence-corrected chi connectivity index (χ4v) is 2.24. The van der Waals surface area contributed by atoms with Crippen LogP contribution in [0.1, 0.15) is 24.1 Å². The molecule has 0 aromatic heterocycles. The molecule has 0 saturated heterocycles. The number of hydrogen-bond donors (Lipinski definition) is 2. The molecule has 2 rings (SSSR count). The van der Waals surface area contributed by atoms with Gasteiger partial charge in [-0.25, -0.2) is 0 Å². The molecular formula is C16H18ClNO2. The molecule has 0 amide bonds. The van der Waals surface area contributed by atoms with Crippen LogP contribution in [-0.2, 0) is 0 Å². The van der Waals surface area contributed by atoms with Crippen LogP contribution in [0.15, 0.2) is 36.4 Å². The van der Waals surface area contributed by atoms with Gasteiger partial charge in [-0.3, -0.25) is 0 Å². The van der Waals surface area contributed by atoms with Crippen molar-refractivity contribution in [3.05, 3.63) is 52.5 Å². The molecule has 2 aromatic carbocycles. The van der Waals surface area contributed by atoms with Crippen LogP contribution < -0.4 is 10.1 Å². The number of benzene rings is 2. The number of ether oxygens (including phenoxy) is 1. The molecule has 106 valence electrons. The van der Waals surface area contributed by atoms with Crippen LogP contribution in [0.3, 0.4) is 0 Å². The smallest absolute Gasteiger partial charge is 0.121 e. The van der Waals surface area contributed by atoms with E-state index in [0.717, 1.165) is 16.8 Å². The van der Waals surface area contributed by atoms with Gasteiger partial charge in [0.2, 0.25) is 0 Å². The summed E-state index contributed by atoms with van der Waals surface area (Å²) in [5.74, 6) is 0.958. The van der Waals surface area contributed by atoms with Gasteiger partial charge in [0.05, 0.1) is 13.2 Å². The summed E-state index contributed by atoms with van der Waals surface area (Å²) in [6.45, 7) is 3.99. The monoisotopic (exact) mass is 291 g/mol. The van der Waals surface area contributed by atoms with Gasteiger partial charge in [0, 0.05) is 16.3 Å². The number of nitrogens with one attached hydrogen (secondary N) is 1. The van der Waals surface area contributed by atoms with Gasteiger partial charge in [-0.05, 0) is 49.7 Å². The minimum atomic E-state index is -0.0673. The van der Waals surface area contributed by atoms with E-state index < -0.39 is 0 Å². The van der Waals surface area contributed by atoms with E-state index in [4.69, 9.17) is 16.3 Å². The number of aryl methyl sites for hydroxylation is 1. The fourth-order valence-electron chi connectivity index (χ4n) is 2.07. The Hall–Kier alpha value is -1.87. The lowest BCUT2D eigenvalue weighted by Crippen LogP contribution is -2.08. The van der Waals surface area contributed by atoms with E-state index in [9.17, 15) is 5.11 Å². The van der Waals surface area contributed by atoms with E-state index in [0.29, 0.717) is 10.8 Å². The zero-order chi connectivity index (χ0) is 14.7. The van der Waals surface area contributed by atoms with E-state index >= 15 is 0 Å². The molecule has 1 atom stereocenters. The fraction of sp³-hybridized carbons (Fsp3) is 0.250. The summed E-state index contributed by atoms with van der Waals surface area (Å²) in [5.41, 5.74) is 2.83. The molecule has 0 fully saturated rings. The highest BCUT2D eigenvalue weighted by atomic mass is 35.5. The third-order valence-corrected chi connectivity index (χ3v) is 3.51. The highest BCUT2D eigenvalue weighted by Gasteiger charge is 2.12. The van der Waals surface area contributed by atoms with E-state index in [1.54, 1.807) is 19.2 Å². The minimum Gasteiger partial charge on any atom is -0.508 e. The second-order valence-electron chi connectivity index (χ2n) is 4.75. The molecule has 0 heterocycles. The number of rotatable bonds is 4. The number of phenols is 1. The minimum absolute atomic E-state index is 0.0673. The molecule has 0 aliphatic carbocycles. The molecule has 0 radical (unpaired) electrons. The van der Waals surface area contributed by atoms with Crippen LogP contribution in [0.2, 0.25) is 5.02 Å². The van der Waals surface area contributed by atoms with Gasteiger partial charge in [-0.1, -0.05) is 17.7 Å². The van der Waals surface area contributed by atoms with Crippen molar-refractivity contribution in [3.8, 4) is 11.5 Å². The maximum atomic E-state index is 9.98. The lowest BCUT2D eigenvalue weighted by atomic mass is 10.1. The molecule has 1 unspecified atom stereocenters. The second kappa shape index (κ2) is 6.06. The molecule has 20 heavy (non-hydrogen) atoms. The Balaban J connectivity index is 2.27. The average molecular weight is 292 g/mol. The molecule has 2 aromatic rings. The summed E-state index contributed by atoms with van der Waals surface area (Å²) < 4.78 is 5.19. The van der Waals surface area contributed by atoms with E-state index in [1.165, 1.54) is 0 Å². The third kappa shape index (κ3) is 3.17. The predicted molar refractivity (Wildman–Crippen MR) is 82.9 cm³/mol. The van der Waals surface area contributed by atoms with Crippen molar-refractivity contribution >= 4 is 17.3 Å². The third-order valence-electron chi connectivity index (χ3n) is 3.27. The van der Waals surface area contributed by atoms with Crippen molar-refractivity contribution in [2.75, 3.05) is 12.4 Å². The quantitative estimate of drug-likeness (QED) is 0.869. The Morgan fingerprint density at radius 3 is 2.65 bits per heavy atom. The number of aromatic hydroxyl groups is 1. The second-order valence-corrected chi connectivity index (χ2v) is 5.19. The van der Waals surface area contributed by atoms with Crippen LogP contribution in [0.5, 0.6) is 11.5 Å². The predicted octanol–water partition coefficient (Wildman–Crippen LogP) is 4.54. The first-order valence-corrected chi connectivity index (χ1v) is 6.78. The molecule has 3 nitrogen and oxygen atoms in total. The van der Waals surface area contributed by atoms with Gasteiger partial charge in [0.25, 0.3) is 0 Å². The number of hydrogen-bond acceptors (Lipinski definition) is 3. The molecule has 0 saturated carbocycles. The Bertz CT molecular complexity index is 613. The van der Waals surface area contributed by atoms with Crippen molar-refractivity contribution < 1.29 is 9.84 Å². The highest BCUT2D eigenvalue weighted by Crippen LogP contribution is 2.31. The Morgan fingerprint density at radius 2 is 1.95 bits per heavy atom. The van der Waals surface area contributed by atoms with Gasteiger partial charge < -0.3 is 15.2 Å². The van der Waals surface area contributed by atoms with Gasteiger partial charge >= 0.3 is 0 Å². The Morgan fingerprint density at radius 1 is 1.20 bits per heavy atom. The zero-order valence-electron chi connectivity index (χ0n) is 11.8. The molecule has 0 spiro atoms. The average Bonchev–Trinajstić information content (AvgIpc) is 2.43. The number of methoxy groups -OCH3 is 1. The molecule has 4 heteroatoms. The topological polar surface area (TPSA) is 41.5 Å². The first kappa shape index (κ1) is 14.5. The van der Waals surface area contributed by atoms with Crippen molar-refractivity contribution in [3.63, 3.8) is 0 Å². The number of halogens is 1. The maximum absolute atomic E-state index is 9.98. The lowest BCUT2D eigenvalue weighted by molar-refractivity contribution is 0.410. The van der Waals surface area contributed by atoms with E-state index in [-0.39, 0.29) is 11.8 Å². The van der Waals surface area contributed by atoms with E-state index in [1.807, 2.05) is 38.1 Å². The molecule has 0 aliphatic heterocycles. The molecular weight excluding hydrogens is 274 g/mol. The maximum Gasteiger partial charge on any atom is 0.121 e. The SMILES string of the molecule is COc1ccc(O)c(C(C)Nc2cc(Cl)ccc2C)c1. The van der Waals surface area contributed by atoms with Crippen LogP contribution >= 0.6 is 11.6 Å². The van der Waals surface area contributed by atoms with Crippen LogP contribution in [0.4, 0.5) is 5.69 Å². The van der Waals surface area contributed by atoms with Gasteiger partial charge in [-0.2, -0.15) is 0 Å². The number of phenolic OH excluding ortho intramolecular Hbond substituents is 1. The van der Waals surface area contributed by atoms with Crippen LogP contribution in [-0.4, -0.2) is 12.2 Å². The normalized spacial score (nSPS) is 12.0. The first-order valence-electron chi connectivity index (χ1n) is 6.41. The zero-order valence-corrected chi connectivity index (χ0v) is 12.5. The van der Waals surface area contributed by atoms with Crippen LogP contribution in [0, 0.1) is 6.92 Å². The largest absolute Gasteiger partial charge is 0.508 e.